The van der Waals surface area contributed by atoms with Gasteiger partial charge in [-0.3, -0.25) is 9.13 Å². The normalized spacial score (nSPS) is 11.5. The molecule has 80 valence electrons. The molecule has 0 saturated carbocycles. The molecule has 1 heterocycles. The van der Waals surface area contributed by atoms with Crippen LogP contribution < -0.4 is 5.69 Å². The molecule has 1 aromatic carbocycles. The third-order valence-electron chi connectivity index (χ3n) is 2.57. The smallest absolute Gasteiger partial charge is 0.292 e. The first-order chi connectivity index (χ1) is 7.04. The summed E-state index contributed by atoms with van der Waals surface area (Å²) in [6.07, 6.45) is 0. The summed E-state index contributed by atoms with van der Waals surface area (Å²) in [7, 11) is 1.59. The molecule has 0 bridgehead atoms. The largest absolute Gasteiger partial charge is 0.329 e. The zero-order chi connectivity index (χ0) is 11.2. The van der Waals surface area contributed by atoms with Crippen LogP contribution in [0.2, 0.25) is 0 Å². The summed E-state index contributed by atoms with van der Waals surface area (Å²) in [5.74, 6) is -0.355. The van der Waals surface area contributed by atoms with Crippen molar-refractivity contribution in [2.45, 2.75) is 19.9 Å². The first kappa shape index (κ1) is 9.96. The predicted molar refractivity (Wildman–Crippen MR) is 57.5 cm³/mol. The van der Waals surface area contributed by atoms with Crippen molar-refractivity contribution < 1.29 is 4.39 Å². The Morgan fingerprint density at radius 2 is 2.00 bits per heavy atom. The molecule has 0 aliphatic rings. The Bertz CT molecular complexity index is 566. The van der Waals surface area contributed by atoms with E-state index < -0.39 is 0 Å². The van der Waals surface area contributed by atoms with Crippen molar-refractivity contribution >= 4 is 11.0 Å². The van der Waals surface area contributed by atoms with Gasteiger partial charge >= 0.3 is 5.69 Å². The number of aryl methyl sites for hydroxylation is 1. The van der Waals surface area contributed by atoms with Gasteiger partial charge in [-0.15, -0.1) is 0 Å². The van der Waals surface area contributed by atoms with E-state index in [2.05, 4.69) is 0 Å². The molecule has 0 saturated heterocycles. The quantitative estimate of drug-likeness (QED) is 0.704. The van der Waals surface area contributed by atoms with E-state index in [1.807, 2.05) is 13.8 Å². The minimum atomic E-state index is -0.355. The van der Waals surface area contributed by atoms with Crippen molar-refractivity contribution in [3.63, 3.8) is 0 Å². The lowest BCUT2D eigenvalue weighted by Crippen LogP contribution is -2.23. The van der Waals surface area contributed by atoms with Crippen LogP contribution in [0.4, 0.5) is 4.39 Å². The van der Waals surface area contributed by atoms with Crippen LogP contribution in [0, 0.1) is 5.82 Å². The minimum absolute atomic E-state index is 0.0306. The maximum atomic E-state index is 13.5. The van der Waals surface area contributed by atoms with Crippen molar-refractivity contribution in [2.24, 2.45) is 7.05 Å². The van der Waals surface area contributed by atoms with Gasteiger partial charge in [-0.05, 0) is 26.0 Å². The molecule has 15 heavy (non-hydrogen) atoms. The van der Waals surface area contributed by atoms with Crippen molar-refractivity contribution in [2.75, 3.05) is 0 Å². The van der Waals surface area contributed by atoms with Crippen LogP contribution >= 0.6 is 0 Å². The molecule has 4 heteroatoms. The first-order valence-electron chi connectivity index (χ1n) is 4.89. The van der Waals surface area contributed by atoms with Gasteiger partial charge in [0.15, 0.2) is 0 Å². The predicted octanol–water partition coefficient (Wildman–Crippen LogP) is 2.06. The second-order valence-electron chi connectivity index (χ2n) is 3.91. The van der Waals surface area contributed by atoms with Crippen LogP contribution in [0.1, 0.15) is 19.9 Å². The summed E-state index contributed by atoms with van der Waals surface area (Å²) in [4.78, 5) is 11.8. The summed E-state index contributed by atoms with van der Waals surface area (Å²) < 4.78 is 16.5. The summed E-state index contributed by atoms with van der Waals surface area (Å²) in [5.41, 5.74) is 0.846. The van der Waals surface area contributed by atoms with Gasteiger partial charge in [-0.2, -0.15) is 0 Å². The van der Waals surface area contributed by atoms with Gasteiger partial charge in [0.25, 0.3) is 0 Å². The number of imidazole rings is 1. The Labute approximate surface area is 86.7 Å². The Morgan fingerprint density at radius 1 is 1.33 bits per heavy atom. The van der Waals surface area contributed by atoms with Crippen molar-refractivity contribution in [3.8, 4) is 0 Å². The molecule has 0 amide bonds. The van der Waals surface area contributed by atoms with Gasteiger partial charge < -0.3 is 0 Å². The van der Waals surface area contributed by atoms with Crippen molar-refractivity contribution in [1.29, 1.82) is 0 Å². The second kappa shape index (κ2) is 3.22. The second-order valence-corrected chi connectivity index (χ2v) is 3.91. The van der Waals surface area contributed by atoms with Crippen LogP contribution in [0.3, 0.4) is 0 Å². The highest BCUT2D eigenvalue weighted by Crippen LogP contribution is 2.18. The number of benzene rings is 1. The van der Waals surface area contributed by atoms with Gasteiger partial charge in [0.1, 0.15) is 11.3 Å². The fourth-order valence-electron chi connectivity index (χ4n) is 1.89. The van der Waals surface area contributed by atoms with Gasteiger partial charge in [0, 0.05) is 13.1 Å². The van der Waals surface area contributed by atoms with E-state index >= 15 is 0 Å². The van der Waals surface area contributed by atoms with E-state index in [0.29, 0.717) is 11.0 Å². The lowest BCUT2D eigenvalue weighted by Gasteiger charge is -2.05. The molecule has 0 spiro atoms. The molecule has 2 aromatic rings. The van der Waals surface area contributed by atoms with Crippen molar-refractivity contribution in [1.82, 2.24) is 9.13 Å². The van der Waals surface area contributed by atoms with E-state index in [1.54, 1.807) is 23.7 Å². The number of para-hydroxylation sites is 1. The number of aromatic nitrogens is 2. The molecule has 0 atom stereocenters. The molecule has 0 radical (unpaired) electrons. The highest BCUT2D eigenvalue weighted by molar-refractivity contribution is 5.76. The van der Waals surface area contributed by atoms with E-state index in [9.17, 15) is 9.18 Å². The summed E-state index contributed by atoms with van der Waals surface area (Å²) >= 11 is 0. The Balaban J connectivity index is 3.01. The van der Waals surface area contributed by atoms with Crippen LogP contribution in [-0.4, -0.2) is 9.13 Å². The molecule has 0 aliphatic carbocycles. The van der Waals surface area contributed by atoms with Gasteiger partial charge in [-0.25, -0.2) is 9.18 Å². The number of hydrogen-bond donors (Lipinski definition) is 0. The fraction of sp³-hybridized carbons (Fsp3) is 0.364. The summed E-state index contributed by atoms with van der Waals surface area (Å²) in [6.45, 7) is 3.82. The zero-order valence-corrected chi connectivity index (χ0v) is 8.99. The van der Waals surface area contributed by atoms with Gasteiger partial charge in [0.05, 0.1) is 5.52 Å². The molecule has 0 N–H and O–H groups in total. The first-order valence-corrected chi connectivity index (χ1v) is 4.89. The molecular formula is C11H13FN2O. The minimum Gasteiger partial charge on any atom is -0.292 e. The van der Waals surface area contributed by atoms with E-state index in [-0.39, 0.29) is 17.5 Å². The highest BCUT2D eigenvalue weighted by atomic mass is 19.1. The Hall–Kier alpha value is -1.58. The molecular weight excluding hydrogens is 195 g/mol. The topological polar surface area (TPSA) is 26.9 Å². The molecule has 2 rings (SSSR count). The summed E-state index contributed by atoms with van der Waals surface area (Å²) in [6, 6.07) is 4.78. The number of hydrogen-bond acceptors (Lipinski definition) is 1. The average molecular weight is 208 g/mol. The number of halogens is 1. The molecule has 0 fully saturated rings. The maximum absolute atomic E-state index is 13.5. The molecule has 0 aliphatic heterocycles. The fourth-order valence-corrected chi connectivity index (χ4v) is 1.89. The molecule has 3 nitrogen and oxygen atoms in total. The third-order valence-corrected chi connectivity index (χ3v) is 2.57. The zero-order valence-electron chi connectivity index (χ0n) is 8.99. The van der Waals surface area contributed by atoms with E-state index in [1.165, 1.54) is 10.6 Å². The maximum Gasteiger partial charge on any atom is 0.329 e. The highest BCUT2D eigenvalue weighted by Gasteiger charge is 2.15. The number of rotatable bonds is 1. The Morgan fingerprint density at radius 3 is 2.60 bits per heavy atom. The lowest BCUT2D eigenvalue weighted by atomic mass is 10.3. The number of nitrogens with zero attached hydrogens (tertiary/aromatic N) is 2. The summed E-state index contributed by atoms with van der Waals surface area (Å²) in [5, 5.41) is 0. The molecule has 0 unspecified atom stereocenters. The van der Waals surface area contributed by atoms with Crippen molar-refractivity contribution in [3.05, 3.63) is 34.5 Å². The lowest BCUT2D eigenvalue weighted by molar-refractivity contribution is 0.582. The van der Waals surface area contributed by atoms with Crippen LogP contribution in [0.5, 0.6) is 0 Å². The number of fused-ring (bicyclic) bond motifs is 1. The van der Waals surface area contributed by atoms with Crippen LogP contribution in [-0.2, 0) is 7.05 Å². The van der Waals surface area contributed by atoms with E-state index in [0.717, 1.165) is 0 Å². The van der Waals surface area contributed by atoms with Crippen LogP contribution in [0.25, 0.3) is 11.0 Å². The monoisotopic (exact) mass is 208 g/mol. The van der Waals surface area contributed by atoms with E-state index in [4.69, 9.17) is 0 Å². The molecule has 1 aromatic heterocycles. The standard InChI is InChI=1S/C11H13FN2O/c1-7(2)14-9-6-4-5-8(12)10(9)13(3)11(14)15/h4-7H,1-3H3. The van der Waals surface area contributed by atoms with Gasteiger partial charge in [0.2, 0.25) is 0 Å². The average Bonchev–Trinajstić information content (AvgIpc) is 2.41. The third kappa shape index (κ3) is 1.28. The van der Waals surface area contributed by atoms with Crippen LogP contribution in [0.15, 0.2) is 23.0 Å². The van der Waals surface area contributed by atoms with Gasteiger partial charge in [-0.1, -0.05) is 6.07 Å². The SMILES string of the molecule is CC(C)n1c(=O)n(C)c2c(F)cccc21. The Kier molecular flexibility index (Phi) is 2.14.